The van der Waals surface area contributed by atoms with E-state index in [4.69, 9.17) is 9.15 Å². The molecule has 1 N–H and O–H groups in total. The summed E-state index contributed by atoms with van der Waals surface area (Å²) >= 11 is 0. The maximum Gasteiger partial charge on any atom is 0.339 e. The summed E-state index contributed by atoms with van der Waals surface area (Å²) in [6.45, 7) is 6.40. The Hall–Kier alpha value is -3.15. The molecule has 0 aliphatic carbocycles. The molecule has 3 heterocycles. The Morgan fingerprint density at radius 1 is 1.27 bits per heavy atom. The van der Waals surface area contributed by atoms with Gasteiger partial charge in [-0.1, -0.05) is 6.07 Å². The molecule has 0 fully saturated rings. The van der Waals surface area contributed by atoms with Crippen LogP contribution in [-0.2, 0) is 24.2 Å². The molecule has 0 spiro atoms. The molecular formula is C24H26N2O4. The van der Waals surface area contributed by atoms with Crippen LogP contribution < -0.4 is 15.7 Å². The number of benzene rings is 1. The van der Waals surface area contributed by atoms with Gasteiger partial charge in [-0.25, -0.2) is 4.79 Å². The number of fused-ring (bicyclic) bond motifs is 2. The van der Waals surface area contributed by atoms with Gasteiger partial charge in [-0.2, -0.15) is 0 Å². The number of amides is 1. The van der Waals surface area contributed by atoms with Crippen LogP contribution in [0, 0.1) is 6.92 Å². The predicted octanol–water partition coefficient (Wildman–Crippen LogP) is 3.85. The average molecular weight is 406 g/mol. The van der Waals surface area contributed by atoms with Gasteiger partial charge in [-0.15, -0.1) is 0 Å². The number of pyridine rings is 1. The normalized spacial score (nSPS) is 14.8. The molecule has 0 radical (unpaired) electrons. The lowest BCUT2D eigenvalue weighted by molar-refractivity contribution is -0.121. The van der Waals surface area contributed by atoms with E-state index < -0.39 is 5.63 Å². The van der Waals surface area contributed by atoms with Crippen LogP contribution in [0.3, 0.4) is 0 Å². The van der Waals surface area contributed by atoms with Crippen LogP contribution in [0.5, 0.6) is 5.75 Å². The smallest absolute Gasteiger partial charge is 0.339 e. The third kappa shape index (κ3) is 4.22. The largest absolute Gasteiger partial charge is 0.487 e. The molecule has 4 rings (SSSR count). The van der Waals surface area contributed by atoms with Crippen LogP contribution in [-0.4, -0.2) is 16.5 Å². The lowest BCUT2D eigenvalue weighted by Crippen LogP contribution is -2.32. The molecule has 2 aromatic heterocycles. The fourth-order valence-corrected chi connectivity index (χ4v) is 3.84. The van der Waals surface area contributed by atoms with Gasteiger partial charge in [0.25, 0.3) is 0 Å². The van der Waals surface area contributed by atoms with Crippen LogP contribution in [0.4, 0.5) is 0 Å². The molecular weight excluding hydrogens is 380 g/mol. The van der Waals surface area contributed by atoms with E-state index in [9.17, 15) is 9.59 Å². The van der Waals surface area contributed by atoms with E-state index in [1.807, 2.05) is 31.2 Å². The first kappa shape index (κ1) is 20.1. The number of aryl methyl sites for hydroxylation is 2. The van der Waals surface area contributed by atoms with Crippen molar-refractivity contribution in [3.63, 3.8) is 0 Å². The zero-order valence-corrected chi connectivity index (χ0v) is 17.6. The van der Waals surface area contributed by atoms with Gasteiger partial charge in [0.15, 0.2) is 0 Å². The lowest BCUT2D eigenvalue weighted by Gasteiger charge is -2.32. The van der Waals surface area contributed by atoms with Crippen LogP contribution in [0.25, 0.3) is 11.0 Å². The van der Waals surface area contributed by atoms with Gasteiger partial charge >= 0.3 is 5.63 Å². The van der Waals surface area contributed by atoms with Crippen molar-refractivity contribution in [1.29, 1.82) is 0 Å². The molecule has 1 aliphatic heterocycles. The number of aromatic nitrogens is 1. The fourth-order valence-electron chi connectivity index (χ4n) is 3.84. The molecule has 156 valence electrons. The minimum atomic E-state index is -0.396. The summed E-state index contributed by atoms with van der Waals surface area (Å²) in [5.74, 6) is 0.656. The quantitative estimate of drug-likeness (QED) is 0.651. The second kappa shape index (κ2) is 7.94. The molecule has 1 amide bonds. The molecule has 6 nitrogen and oxygen atoms in total. The van der Waals surface area contributed by atoms with Gasteiger partial charge in [-0.05, 0) is 69.4 Å². The molecule has 0 unspecified atom stereocenters. The van der Waals surface area contributed by atoms with Gasteiger partial charge in [0.1, 0.15) is 16.9 Å². The van der Waals surface area contributed by atoms with Gasteiger partial charge in [0, 0.05) is 29.6 Å². The van der Waals surface area contributed by atoms with Crippen LogP contribution in [0.2, 0.25) is 0 Å². The lowest BCUT2D eigenvalue weighted by atomic mass is 9.92. The second-order valence-electron chi connectivity index (χ2n) is 8.41. The first-order valence-corrected chi connectivity index (χ1v) is 10.3. The maximum atomic E-state index is 12.6. The number of carbonyl (C=O) groups is 1. The standard InChI is InChI=1S/C24H26N2O4/c1-15-18(7-8-22(27)26-14-17-6-4-5-11-25-17)23(28)29-21-13-20-16(12-19(15)21)9-10-24(2,3)30-20/h4-6,11-13H,7-10,14H2,1-3H3,(H,26,27). The molecule has 1 aromatic carbocycles. The molecule has 0 atom stereocenters. The van der Waals surface area contributed by atoms with Crippen molar-refractivity contribution in [3.05, 3.63) is 69.3 Å². The van der Waals surface area contributed by atoms with E-state index in [0.29, 0.717) is 24.1 Å². The molecule has 6 heteroatoms. The summed E-state index contributed by atoms with van der Waals surface area (Å²) in [6.07, 6.45) is 4.09. The van der Waals surface area contributed by atoms with E-state index >= 15 is 0 Å². The highest BCUT2D eigenvalue weighted by Gasteiger charge is 2.27. The zero-order chi connectivity index (χ0) is 21.3. The predicted molar refractivity (Wildman–Crippen MR) is 115 cm³/mol. The molecule has 0 saturated heterocycles. The Labute approximate surface area is 175 Å². The van der Waals surface area contributed by atoms with E-state index in [0.717, 1.165) is 40.8 Å². The van der Waals surface area contributed by atoms with E-state index in [1.165, 1.54) is 0 Å². The minimum absolute atomic E-state index is 0.124. The first-order valence-electron chi connectivity index (χ1n) is 10.3. The number of carbonyl (C=O) groups excluding carboxylic acids is 1. The van der Waals surface area contributed by atoms with Gasteiger partial charge in [0.05, 0.1) is 12.2 Å². The van der Waals surface area contributed by atoms with Crippen molar-refractivity contribution in [2.24, 2.45) is 0 Å². The van der Waals surface area contributed by atoms with Crippen molar-refractivity contribution in [2.75, 3.05) is 0 Å². The summed E-state index contributed by atoms with van der Waals surface area (Å²) in [4.78, 5) is 29.0. The number of rotatable bonds is 5. The van der Waals surface area contributed by atoms with Gasteiger partial charge in [-0.3, -0.25) is 9.78 Å². The zero-order valence-electron chi connectivity index (χ0n) is 17.6. The van der Waals surface area contributed by atoms with E-state index in [1.54, 1.807) is 6.20 Å². The van der Waals surface area contributed by atoms with Crippen LogP contribution in [0.1, 0.15) is 49.1 Å². The van der Waals surface area contributed by atoms with Gasteiger partial charge in [0.2, 0.25) is 5.91 Å². The highest BCUT2D eigenvalue weighted by molar-refractivity contribution is 5.84. The minimum Gasteiger partial charge on any atom is -0.487 e. The Balaban J connectivity index is 1.52. The molecule has 0 saturated carbocycles. The Kier molecular flexibility index (Phi) is 5.33. The number of nitrogens with one attached hydrogen (secondary N) is 1. The summed E-state index contributed by atoms with van der Waals surface area (Å²) in [5, 5.41) is 3.75. The summed E-state index contributed by atoms with van der Waals surface area (Å²) in [7, 11) is 0. The number of hydrogen-bond acceptors (Lipinski definition) is 5. The van der Waals surface area contributed by atoms with Crippen molar-refractivity contribution >= 4 is 16.9 Å². The molecule has 0 bridgehead atoms. The Morgan fingerprint density at radius 3 is 2.87 bits per heavy atom. The third-order valence-electron chi connectivity index (χ3n) is 5.65. The SMILES string of the molecule is Cc1c(CCC(=O)NCc2ccccn2)c(=O)oc2cc3c(cc12)CCC(C)(C)O3. The highest BCUT2D eigenvalue weighted by Crippen LogP contribution is 2.36. The molecule has 3 aromatic rings. The summed E-state index contributed by atoms with van der Waals surface area (Å²) < 4.78 is 11.7. The molecule has 30 heavy (non-hydrogen) atoms. The monoisotopic (exact) mass is 406 g/mol. The number of nitrogens with zero attached hydrogens (tertiary/aromatic N) is 1. The van der Waals surface area contributed by atoms with Crippen LogP contribution >= 0.6 is 0 Å². The average Bonchev–Trinajstić information content (AvgIpc) is 2.71. The Morgan fingerprint density at radius 2 is 2.10 bits per heavy atom. The van der Waals surface area contributed by atoms with E-state index in [-0.39, 0.29) is 17.9 Å². The highest BCUT2D eigenvalue weighted by atomic mass is 16.5. The van der Waals surface area contributed by atoms with Crippen molar-refractivity contribution in [3.8, 4) is 5.75 Å². The summed E-state index contributed by atoms with van der Waals surface area (Å²) in [5.41, 5.74) is 3.24. The fraction of sp³-hybridized carbons (Fsp3) is 0.375. The van der Waals surface area contributed by atoms with Crippen molar-refractivity contribution in [1.82, 2.24) is 10.3 Å². The van der Waals surface area contributed by atoms with Crippen LogP contribution in [0.15, 0.2) is 45.7 Å². The molecule has 1 aliphatic rings. The third-order valence-corrected chi connectivity index (χ3v) is 5.65. The second-order valence-corrected chi connectivity index (χ2v) is 8.41. The number of hydrogen-bond donors (Lipinski definition) is 1. The Bertz CT molecular complexity index is 1150. The first-order chi connectivity index (χ1) is 14.3. The van der Waals surface area contributed by atoms with Crippen molar-refractivity contribution < 1.29 is 13.9 Å². The summed E-state index contributed by atoms with van der Waals surface area (Å²) in [6, 6.07) is 9.44. The number of ether oxygens (including phenoxy) is 1. The van der Waals surface area contributed by atoms with Gasteiger partial charge < -0.3 is 14.5 Å². The van der Waals surface area contributed by atoms with E-state index in [2.05, 4.69) is 30.2 Å². The topological polar surface area (TPSA) is 81.4 Å². The maximum absolute atomic E-state index is 12.6. The van der Waals surface area contributed by atoms with Crippen molar-refractivity contribution in [2.45, 2.75) is 58.6 Å².